The highest BCUT2D eigenvalue weighted by molar-refractivity contribution is 5.77. The normalized spacial score (nSPS) is 16.7. The van der Waals surface area contributed by atoms with E-state index in [1.54, 1.807) is 7.11 Å². The van der Waals surface area contributed by atoms with Crippen LogP contribution in [0.2, 0.25) is 0 Å². The minimum atomic E-state index is 0.164. The van der Waals surface area contributed by atoms with Crippen LogP contribution in [0.3, 0.4) is 0 Å². The lowest BCUT2D eigenvalue weighted by Gasteiger charge is -2.25. The fraction of sp³-hybridized carbons (Fsp3) is 0.381. The average Bonchev–Trinajstić information content (AvgIpc) is 3.16. The quantitative estimate of drug-likeness (QED) is 0.709. The molecule has 2 aromatic carbocycles. The van der Waals surface area contributed by atoms with Gasteiger partial charge in [-0.25, -0.2) is 0 Å². The van der Waals surface area contributed by atoms with Crippen molar-refractivity contribution in [1.82, 2.24) is 4.90 Å². The summed E-state index contributed by atoms with van der Waals surface area (Å²) in [6.07, 6.45) is 3.32. The molecule has 1 heterocycles. The van der Waals surface area contributed by atoms with Gasteiger partial charge in [0.15, 0.2) is 0 Å². The summed E-state index contributed by atoms with van der Waals surface area (Å²) in [6, 6.07) is 17.9. The number of methoxy groups -OCH3 is 1. The Morgan fingerprint density at radius 1 is 1.12 bits per heavy atom. The number of carbonyl (C=O) groups excluding carboxylic acids is 1. The van der Waals surface area contributed by atoms with E-state index >= 15 is 0 Å². The first-order valence-electron chi connectivity index (χ1n) is 8.89. The largest absolute Gasteiger partial charge is 0.497 e. The van der Waals surface area contributed by atoms with Crippen LogP contribution in [-0.4, -0.2) is 31.1 Å². The predicted octanol–water partition coefficient (Wildman–Crippen LogP) is 4.22. The van der Waals surface area contributed by atoms with Gasteiger partial charge >= 0.3 is 0 Å². The zero-order chi connectivity index (χ0) is 17.5. The number of benzene rings is 2. The molecule has 1 amide bonds. The van der Waals surface area contributed by atoms with Crippen molar-refractivity contribution in [1.29, 1.82) is 0 Å². The molecular formula is C21H25NO3. The van der Waals surface area contributed by atoms with Gasteiger partial charge in [-0.3, -0.25) is 4.79 Å². The maximum atomic E-state index is 12.6. The number of hydrogen-bond acceptors (Lipinski definition) is 3. The number of hydrogen-bond donors (Lipinski definition) is 0. The molecule has 4 heteroatoms. The first kappa shape index (κ1) is 17.3. The topological polar surface area (TPSA) is 38.8 Å². The van der Waals surface area contributed by atoms with Crippen molar-refractivity contribution < 1.29 is 14.3 Å². The van der Waals surface area contributed by atoms with Gasteiger partial charge in [0.2, 0.25) is 5.91 Å². The SMILES string of the molecule is COc1cccc(C2CCCN2C(=O)CCCOc2ccccc2)c1. The molecule has 1 saturated heterocycles. The third kappa shape index (κ3) is 4.53. The summed E-state index contributed by atoms with van der Waals surface area (Å²) in [5, 5.41) is 0. The van der Waals surface area contributed by atoms with Crippen molar-refractivity contribution in [3.8, 4) is 11.5 Å². The lowest BCUT2D eigenvalue weighted by Crippen LogP contribution is -2.30. The molecule has 0 saturated carbocycles. The van der Waals surface area contributed by atoms with Gasteiger partial charge in [0.1, 0.15) is 11.5 Å². The van der Waals surface area contributed by atoms with E-state index in [4.69, 9.17) is 9.47 Å². The highest BCUT2D eigenvalue weighted by Gasteiger charge is 2.29. The molecule has 1 unspecified atom stereocenters. The molecule has 0 aliphatic carbocycles. The monoisotopic (exact) mass is 339 g/mol. The van der Waals surface area contributed by atoms with Gasteiger partial charge in [-0.1, -0.05) is 30.3 Å². The number of ether oxygens (including phenoxy) is 2. The Morgan fingerprint density at radius 2 is 1.92 bits per heavy atom. The van der Waals surface area contributed by atoms with Crippen molar-refractivity contribution in [3.63, 3.8) is 0 Å². The smallest absolute Gasteiger partial charge is 0.223 e. The van der Waals surface area contributed by atoms with E-state index in [9.17, 15) is 4.79 Å². The van der Waals surface area contributed by atoms with Crippen LogP contribution in [0.25, 0.3) is 0 Å². The van der Waals surface area contributed by atoms with Gasteiger partial charge < -0.3 is 14.4 Å². The molecule has 1 aliphatic heterocycles. The van der Waals surface area contributed by atoms with Gasteiger partial charge in [0, 0.05) is 13.0 Å². The summed E-state index contributed by atoms with van der Waals surface area (Å²) < 4.78 is 11.0. The second-order valence-corrected chi connectivity index (χ2v) is 6.29. The Bertz CT molecular complexity index is 687. The Kier molecular flexibility index (Phi) is 5.94. The lowest BCUT2D eigenvalue weighted by molar-refractivity contribution is -0.132. The van der Waals surface area contributed by atoms with Crippen molar-refractivity contribution >= 4 is 5.91 Å². The van der Waals surface area contributed by atoms with Gasteiger partial charge in [0.25, 0.3) is 0 Å². The molecule has 0 N–H and O–H groups in total. The second kappa shape index (κ2) is 8.56. The van der Waals surface area contributed by atoms with Crippen molar-refractivity contribution in [3.05, 3.63) is 60.2 Å². The molecule has 3 rings (SSSR count). The average molecular weight is 339 g/mol. The maximum Gasteiger partial charge on any atom is 0.223 e. The Balaban J connectivity index is 1.52. The number of rotatable bonds is 7. The molecule has 0 spiro atoms. The Hall–Kier alpha value is -2.49. The third-order valence-corrected chi connectivity index (χ3v) is 4.60. The standard InChI is InChI=1S/C21H25NO3/c1-24-19-11-5-8-17(16-19)20-12-6-14-22(20)21(23)13-7-15-25-18-9-3-2-4-10-18/h2-5,8-11,16,20H,6-7,12-15H2,1H3. The van der Waals surface area contributed by atoms with Crippen molar-refractivity contribution in [2.24, 2.45) is 0 Å². The minimum absolute atomic E-state index is 0.164. The van der Waals surface area contributed by atoms with E-state index in [0.29, 0.717) is 13.0 Å². The van der Waals surface area contributed by atoms with Gasteiger partial charge in [-0.15, -0.1) is 0 Å². The van der Waals surface area contributed by atoms with Gasteiger partial charge in [-0.2, -0.15) is 0 Å². The molecular weight excluding hydrogens is 314 g/mol. The number of carbonyl (C=O) groups is 1. The van der Waals surface area contributed by atoms with E-state index in [1.165, 1.54) is 0 Å². The highest BCUT2D eigenvalue weighted by atomic mass is 16.5. The van der Waals surface area contributed by atoms with Crippen LogP contribution in [0.4, 0.5) is 0 Å². The summed E-state index contributed by atoms with van der Waals surface area (Å²) in [6.45, 7) is 1.40. The molecule has 0 bridgehead atoms. The van der Waals surface area contributed by atoms with Crippen molar-refractivity contribution in [2.75, 3.05) is 20.3 Å². The van der Waals surface area contributed by atoms with Crippen LogP contribution in [0.5, 0.6) is 11.5 Å². The van der Waals surface area contributed by atoms with E-state index in [2.05, 4.69) is 6.07 Å². The summed E-state index contributed by atoms with van der Waals surface area (Å²) in [7, 11) is 1.67. The van der Waals surface area contributed by atoms with Crippen LogP contribution >= 0.6 is 0 Å². The van der Waals surface area contributed by atoms with E-state index in [-0.39, 0.29) is 11.9 Å². The first-order chi connectivity index (χ1) is 12.3. The number of nitrogens with zero attached hydrogens (tertiary/aromatic N) is 1. The lowest BCUT2D eigenvalue weighted by atomic mass is 10.0. The summed E-state index contributed by atoms with van der Waals surface area (Å²) in [4.78, 5) is 14.6. The first-order valence-corrected chi connectivity index (χ1v) is 8.89. The molecule has 132 valence electrons. The minimum Gasteiger partial charge on any atom is -0.497 e. The summed E-state index contributed by atoms with van der Waals surface area (Å²) >= 11 is 0. The van der Waals surface area contributed by atoms with Crippen molar-refractivity contribution in [2.45, 2.75) is 31.7 Å². The number of amides is 1. The van der Waals surface area contributed by atoms with Crippen LogP contribution < -0.4 is 9.47 Å². The van der Waals surface area contributed by atoms with E-state index < -0.39 is 0 Å². The van der Waals surface area contributed by atoms with Crippen LogP contribution in [0.1, 0.15) is 37.3 Å². The van der Waals surface area contributed by atoms with E-state index in [1.807, 2.05) is 53.4 Å². The number of para-hydroxylation sites is 1. The second-order valence-electron chi connectivity index (χ2n) is 6.29. The molecule has 0 aromatic heterocycles. The summed E-state index contributed by atoms with van der Waals surface area (Å²) in [5.41, 5.74) is 1.16. The maximum absolute atomic E-state index is 12.6. The fourth-order valence-corrected chi connectivity index (χ4v) is 3.33. The van der Waals surface area contributed by atoms with Crippen LogP contribution in [0, 0.1) is 0 Å². The molecule has 1 fully saturated rings. The molecule has 0 radical (unpaired) electrons. The third-order valence-electron chi connectivity index (χ3n) is 4.60. The van der Waals surface area contributed by atoms with E-state index in [0.717, 1.165) is 42.9 Å². The van der Waals surface area contributed by atoms with Gasteiger partial charge in [-0.05, 0) is 49.1 Å². The number of likely N-dealkylation sites (tertiary alicyclic amines) is 1. The predicted molar refractivity (Wildman–Crippen MR) is 97.9 cm³/mol. The zero-order valence-corrected chi connectivity index (χ0v) is 14.7. The van der Waals surface area contributed by atoms with Crippen LogP contribution in [0.15, 0.2) is 54.6 Å². The molecule has 25 heavy (non-hydrogen) atoms. The summed E-state index contributed by atoms with van der Waals surface area (Å²) in [5.74, 6) is 1.90. The van der Waals surface area contributed by atoms with Crippen LogP contribution in [-0.2, 0) is 4.79 Å². The molecule has 2 aromatic rings. The fourth-order valence-electron chi connectivity index (χ4n) is 3.33. The Morgan fingerprint density at radius 3 is 2.72 bits per heavy atom. The Labute approximate surface area is 149 Å². The van der Waals surface area contributed by atoms with Gasteiger partial charge in [0.05, 0.1) is 19.8 Å². The molecule has 1 aliphatic rings. The molecule has 1 atom stereocenters. The zero-order valence-electron chi connectivity index (χ0n) is 14.7. The molecule has 4 nitrogen and oxygen atoms in total. The highest BCUT2D eigenvalue weighted by Crippen LogP contribution is 2.34.